The Bertz CT molecular complexity index is 1080. The Morgan fingerprint density at radius 2 is 1.94 bits per heavy atom. The third-order valence-electron chi connectivity index (χ3n) is 6.18. The molecule has 8 heteroatoms. The van der Waals surface area contributed by atoms with Gasteiger partial charge in [-0.15, -0.1) is 0 Å². The van der Waals surface area contributed by atoms with E-state index in [1.165, 1.54) is 0 Å². The number of ether oxygens (including phenoxy) is 1. The van der Waals surface area contributed by atoms with Crippen molar-refractivity contribution in [2.24, 2.45) is 0 Å². The monoisotopic (exact) mass is 431 g/mol. The van der Waals surface area contributed by atoms with Crippen molar-refractivity contribution in [3.05, 3.63) is 78.2 Å². The fourth-order valence-electron chi connectivity index (χ4n) is 4.48. The Morgan fingerprint density at radius 1 is 1.06 bits per heavy atom. The predicted molar refractivity (Wildman–Crippen MR) is 117 cm³/mol. The average molecular weight is 431 g/mol. The summed E-state index contributed by atoms with van der Waals surface area (Å²) in [5.41, 5.74) is 1.10. The van der Waals surface area contributed by atoms with Crippen LogP contribution >= 0.6 is 0 Å². The van der Waals surface area contributed by atoms with Crippen LogP contribution in [0.4, 0.5) is 4.79 Å². The minimum Gasteiger partial charge on any atom is -0.441 e. The topological polar surface area (TPSA) is 80.6 Å². The number of aromatic nitrogens is 3. The first-order valence-corrected chi connectivity index (χ1v) is 10.9. The van der Waals surface area contributed by atoms with Gasteiger partial charge in [-0.1, -0.05) is 30.3 Å². The van der Waals surface area contributed by atoms with Gasteiger partial charge in [0.1, 0.15) is 5.60 Å². The van der Waals surface area contributed by atoms with Gasteiger partial charge in [0.15, 0.2) is 5.82 Å². The zero-order valence-corrected chi connectivity index (χ0v) is 17.8. The van der Waals surface area contributed by atoms with Crippen LogP contribution in [-0.4, -0.2) is 61.8 Å². The van der Waals surface area contributed by atoms with Gasteiger partial charge in [0.2, 0.25) is 0 Å². The van der Waals surface area contributed by atoms with E-state index in [0.717, 1.165) is 18.4 Å². The van der Waals surface area contributed by atoms with Crippen LogP contribution in [0.15, 0.2) is 67.1 Å². The summed E-state index contributed by atoms with van der Waals surface area (Å²) in [6, 6.07) is 15.3. The van der Waals surface area contributed by atoms with E-state index in [2.05, 4.69) is 10.1 Å². The van der Waals surface area contributed by atoms with E-state index in [0.29, 0.717) is 44.0 Å². The van der Waals surface area contributed by atoms with Gasteiger partial charge in [0, 0.05) is 44.6 Å². The Labute approximate surface area is 186 Å². The largest absolute Gasteiger partial charge is 0.441 e. The third-order valence-corrected chi connectivity index (χ3v) is 6.18. The summed E-state index contributed by atoms with van der Waals surface area (Å²) in [5.74, 6) is 0.616. The third kappa shape index (κ3) is 4.08. The molecular weight excluding hydrogens is 406 g/mol. The van der Waals surface area contributed by atoms with Crippen molar-refractivity contribution >= 4 is 12.0 Å². The van der Waals surface area contributed by atoms with Crippen LogP contribution in [0.1, 0.15) is 35.2 Å². The molecular formula is C24H25N5O3. The van der Waals surface area contributed by atoms with Crippen LogP contribution < -0.4 is 0 Å². The molecule has 0 radical (unpaired) electrons. The van der Waals surface area contributed by atoms with E-state index in [1.807, 2.05) is 47.5 Å². The molecule has 32 heavy (non-hydrogen) atoms. The van der Waals surface area contributed by atoms with Crippen molar-refractivity contribution in [1.82, 2.24) is 24.6 Å². The number of likely N-dealkylation sites (tertiary alicyclic amines) is 1. The highest BCUT2D eigenvalue weighted by atomic mass is 16.6. The van der Waals surface area contributed by atoms with Gasteiger partial charge in [-0.3, -0.25) is 9.69 Å². The van der Waals surface area contributed by atoms with Gasteiger partial charge in [0.05, 0.1) is 12.1 Å². The Hall–Kier alpha value is -3.68. The van der Waals surface area contributed by atoms with Crippen LogP contribution in [0.25, 0.3) is 5.82 Å². The first-order valence-electron chi connectivity index (χ1n) is 10.9. The molecule has 164 valence electrons. The standard InChI is InChI=1S/C24H25N5O3/c30-22(20-8-9-21(25-16-20)29-14-5-12-26-29)27-13-4-10-24(11-15-27)18-28(23(31)32-24)17-19-6-2-1-3-7-19/h1-3,5-9,12,14,16H,4,10-11,13,15,17-18H2/t24-/m1/s1. The summed E-state index contributed by atoms with van der Waals surface area (Å²) in [5, 5.41) is 4.16. The molecule has 2 aliphatic rings. The fraction of sp³-hybridized carbons (Fsp3) is 0.333. The summed E-state index contributed by atoms with van der Waals surface area (Å²) < 4.78 is 7.52. The number of carbonyl (C=O) groups is 2. The summed E-state index contributed by atoms with van der Waals surface area (Å²) in [6.07, 6.45) is 6.99. The Kier molecular flexibility index (Phi) is 5.34. The Balaban J connectivity index is 1.23. The van der Waals surface area contributed by atoms with Crippen molar-refractivity contribution in [3.8, 4) is 5.82 Å². The zero-order chi connectivity index (χ0) is 22.0. The molecule has 3 aromatic rings. The molecule has 0 bridgehead atoms. The fourth-order valence-corrected chi connectivity index (χ4v) is 4.48. The van der Waals surface area contributed by atoms with Gasteiger partial charge >= 0.3 is 6.09 Å². The quantitative estimate of drug-likeness (QED) is 0.633. The molecule has 0 aliphatic carbocycles. The van der Waals surface area contributed by atoms with Crippen molar-refractivity contribution in [2.75, 3.05) is 19.6 Å². The van der Waals surface area contributed by atoms with Crippen molar-refractivity contribution in [2.45, 2.75) is 31.4 Å². The number of hydrogen-bond acceptors (Lipinski definition) is 5. The maximum absolute atomic E-state index is 13.1. The Morgan fingerprint density at radius 3 is 2.69 bits per heavy atom. The zero-order valence-electron chi connectivity index (χ0n) is 17.8. The minimum atomic E-state index is -0.525. The summed E-state index contributed by atoms with van der Waals surface area (Å²) in [6.45, 7) is 2.28. The van der Waals surface area contributed by atoms with Gasteiger partial charge < -0.3 is 9.64 Å². The van der Waals surface area contributed by atoms with Crippen LogP contribution in [0.3, 0.4) is 0 Å². The molecule has 0 saturated carbocycles. The van der Waals surface area contributed by atoms with Gasteiger partial charge in [-0.2, -0.15) is 5.10 Å². The lowest BCUT2D eigenvalue weighted by Crippen LogP contribution is -2.37. The van der Waals surface area contributed by atoms with Gasteiger partial charge in [0.25, 0.3) is 5.91 Å². The van der Waals surface area contributed by atoms with Crippen LogP contribution in [0.2, 0.25) is 0 Å². The molecule has 2 saturated heterocycles. The maximum Gasteiger partial charge on any atom is 0.410 e. The predicted octanol–water partition coefficient (Wildman–Crippen LogP) is 3.28. The molecule has 0 N–H and O–H groups in total. The van der Waals surface area contributed by atoms with E-state index in [9.17, 15) is 9.59 Å². The molecule has 5 rings (SSSR count). The number of carbonyl (C=O) groups excluding carboxylic acids is 2. The normalized spacial score (nSPS) is 20.9. The molecule has 1 atom stereocenters. The molecule has 0 unspecified atom stereocenters. The van der Waals surface area contributed by atoms with Crippen LogP contribution in [0, 0.1) is 0 Å². The van der Waals surface area contributed by atoms with E-state index < -0.39 is 5.60 Å². The van der Waals surface area contributed by atoms with E-state index in [-0.39, 0.29) is 12.0 Å². The lowest BCUT2D eigenvalue weighted by atomic mass is 9.95. The lowest BCUT2D eigenvalue weighted by Gasteiger charge is -2.25. The number of benzene rings is 1. The summed E-state index contributed by atoms with van der Waals surface area (Å²) >= 11 is 0. The van der Waals surface area contributed by atoms with Crippen molar-refractivity contribution < 1.29 is 14.3 Å². The molecule has 2 aromatic heterocycles. The summed E-state index contributed by atoms with van der Waals surface area (Å²) in [4.78, 5) is 33.6. The van der Waals surface area contributed by atoms with Crippen LogP contribution in [-0.2, 0) is 11.3 Å². The minimum absolute atomic E-state index is 0.0490. The van der Waals surface area contributed by atoms with E-state index in [1.54, 1.807) is 34.1 Å². The number of amides is 2. The second-order valence-electron chi connectivity index (χ2n) is 8.39. The van der Waals surface area contributed by atoms with Crippen molar-refractivity contribution in [1.29, 1.82) is 0 Å². The SMILES string of the molecule is O=C1O[C@@]2(CCCN(C(=O)c3ccc(-n4cccn4)nc3)CC2)CN1Cc1ccccc1. The first kappa shape index (κ1) is 20.2. The molecule has 8 nitrogen and oxygen atoms in total. The summed E-state index contributed by atoms with van der Waals surface area (Å²) in [7, 11) is 0. The highest BCUT2D eigenvalue weighted by Crippen LogP contribution is 2.34. The second kappa shape index (κ2) is 8.45. The van der Waals surface area contributed by atoms with E-state index in [4.69, 9.17) is 4.74 Å². The molecule has 2 aliphatic heterocycles. The smallest absolute Gasteiger partial charge is 0.410 e. The van der Waals surface area contributed by atoms with Gasteiger partial charge in [-0.05, 0) is 36.6 Å². The lowest BCUT2D eigenvalue weighted by molar-refractivity contribution is 0.0438. The van der Waals surface area contributed by atoms with E-state index >= 15 is 0 Å². The number of nitrogens with zero attached hydrogens (tertiary/aromatic N) is 5. The molecule has 1 spiro atoms. The van der Waals surface area contributed by atoms with Gasteiger partial charge in [-0.25, -0.2) is 14.5 Å². The number of rotatable bonds is 4. The number of hydrogen-bond donors (Lipinski definition) is 0. The highest BCUT2D eigenvalue weighted by molar-refractivity contribution is 5.94. The first-order chi connectivity index (χ1) is 15.6. The highest BCUT2D eigenvalue weighted by Gasteiger charge is 2.46. The molecule has 2 amide bonds. The average Bonchev–Trinajstić information content (AvgIpc) is 3.40. The molecule has 4 heterocycles. The maximum atomic E-state index is 13.1. The number of pyridine rings is 1. The molecule has 1 aromatic carbocycles. The van der Waals surface area contributed by atoms with Crippen molar-refractivity contribution in [3.63, 3.8) is 0 Å². The second-order valence-corrected chi connectivity index (χ2v) is 8.39. The molecule has 2 fully saturated rings. The van der Waals surface area contributed by atoms with Crippen LogP contribution in [0.5, 0.6) is 0 Å².